The summed E-state index contributed by atoms with van der Waals surface area (Å²) in [5, 5.41) is 0.986. The van der Waals surface area contributed by atoms with Crippen molar-refractivity contribution < 1.29 is 4.79 Å². The first kappa shape index (κ1) is 14.2. The molecular weight excluding hydrogens is 284 g/mol. The first-order valence-corrected chi connectivity index (χ1v) is 7.95. The van der Waals surface area contributed by atoms with E-state index in [0.29, 0.717) is 4.88 Å². The number of likely N-dealkylation sites (tertiary alicyclic amines) is 1. The lowest BCUT2D eigenvalue weighted by Gasteiger charge is -2.34. The van der Waals surface area contributed by atoms with Crippen molar-refractivity contribution >= 4 is 17.2 Å². The van der Waals surface area contributed by atoms with Crippen molar-refractivity contribution in [2.24, 2.45) is 5.73 Å². The molecule has 0 saturated carbocycles. The van der Waals surface area contributed by atoms with E-state index in [1.807, 2.05) is 24.4 Å². The Hall–Kier alpha value is -1.79. The summed E-state index contributed by atoms with van der Waals surface area (Å²) in [6.07, 6.45) is 6.86. The predicted octanol–water partition coefficient (Wildman–Crippen LogP) is 2.36. The number of primary amides is 1. The van der Waals surface area contributed by atoms with E-state index in [1.165, 1.54) is 24.2 Å². The van der Waals surface area contributed by atoms with Crippen LogP contribution in [-0.4, -0.2) is 27.3 Å². The Balaban J connectivity index is 1.79. The molecule has 1 aliphatic rings. The van der Waals surface area contributed by atoms with E-state index in [9.17, 15) is 4.79 Å². The van der Waals surface area contributed by atoms with Crippen LogP contribution in [0, 0.1) is 0 Å². The van der Waals surface area contributed by atoms with Gasteiger partial charge in [-0.2, -0.15) is 0 Å². The number of nitrogens with two attached hydrogens (primary N) is 1. The third-order valence-corrected chi connectivity index (χ3v) is 4.87. The number of nitrogens with zero attached hydrogens (tertiary/aromatic N) is 3. The van der Waals surface area contributed by atoms with Crippen molar-refractivity contribution in [2.75, 3.05) is 6.54 Å². The van der Waals surface area contributed by atoms with Crippen LogP contribution in [0.4, 0.5) is 0 Å². The third-order valence-electron chi connectivity index (χ3n) is 3.76. The van der Waals surface area contributed by atoms with Crippen LogP contribution >= 0.6 is 11.3 Å². The molecule has 6 heteroatoms. The van der Waals surface area contributed by atoms with Crippen molar-refractivity contribution in [3.63, 3.8) is 0 Å². The molecule has 1 amide bonds. The molecule has 0 aliphatic carbocycles. The molecule has 0 aromatic carbocycles. The molecule has 3 heterocycles. The second-order valence-electron chi connectivity index (χ2n) is 5.23. The van der Waals surface area contributed by atoms with Gasteiger partial charge < -0.3 is 5.73 Å². The number of piperidine rings is 1. The van der Waals surface area contributed by atoms with Crippen molar-refractivity contribution in [1.82, 2.24) is 14.9 Å². The summed E-state index contributed by atoms with van der Waals surface area (Å²) in [5.41, 5.74) is 6.39. The second kappa shape index (κ2) is 6.32. The molecule has 1 aliphatic heterocycles. The van der Waals surface area contributed by atoms with E-state index in [1.54, 1.807) is 6.20 Å². The van der Waals surface area contributed by atoms with Gasteiger partial charge in [0, 0.05) is 12.7 Å². The minimum Gasteiger partial charge on any atom is -0.365 e. The Kier molecular flexibility index (Phi) is 4.26. The van der Waals surface area contributed by atoms with Gasteiger partial charge in [0.15, 0.2) is 0 Å². The molecule has 1 fully saturated rings. The van der Waals surface area contributed by atoms with Crippen molar-refractivity contribution in [3.05, 3.63) is 46.2 Å². The van der Waals surface area contributed by atoms with E-state index in [-0.39, 0.29) is 6.04 Å². The number of rotatable bonds is 4. The minimum atomic E-state index is -0.397. The monoisotopic (exact) mass is 302 g/mol. The Morgan fingerprint density at radius 1 is 1.38 bits per heavy atom. The Morgan fingerprint density at radius 2 is 2.29 bits per heavy atom. The maximum absolute atomic E-state index is 11.2. The number of carbonyl (C=O) groups excluding carboxylic acids is 1. The SMILES string of the molecule is NC(=O)c1cnc([C@@H]2CCCCN2Cc2ccccn2)s1. The fourth-order valence-corrected chi connectivity index (χ4v) is 3.65. The maximum atomic E-state index is 11.2. The first-order valence-electron chi connectivity index (χ1n) is 7.13. The minimum absolute atomic E-state index is 0.263. The largest absolute Gasteiger partial charge is 0.365 e. The Labute approximate surface area is 127 Å². The quantitative estimate of drug-likeness (QED) is 0.941. The van der Waals surface area contributed by atoms with Gasteiger partial charge in [-0.3, -0.25) is 14.7 Å². The van der Waals surface area contributed by atoms with Gasteiger partial charge in [-0.05, 0) is 31.5 Å². The topological polar surface area (TPSA) is 72.1 Å². The molecule has 0 unspecified atom stereocenters. The van der Waals surface area contributed by atoms with Crippen LogP contribution in [0.3, 0.4) is 0 Å². The van der Waals surface area contributed by atoms with Crippen LogP contribution < -0.4 is 5.73 Å². The maximum Gasteiger partial charge on any atom is 0.260 e. The van der Waals surface area contributed by atoms with Gasteiger partial charge in [0.2, 0.25) is 0 Å². The number of aromatic nitrogens is 2. The van der Waals surface area contributed by atoms with Gasteiger partial charge in [-0.25, -0.2) is 4.98 Å². The normalized spacial score (nSPS) is 19.5. The molecule has 5 nitrogen and oxygen atoms in total. The number of carbonyl (C=O) groups is 1. The number of pyridine rings is 1. The van der Waals surface area contributed by atoms with Gasteiger partial charge >= 0.3 is 0 Å². The number of amides is 1. The molecule has 1 saturated heterocycles. The van der Waals surface area contributed by atoms with E-state index >= 15 is 0 Å². The van der Waals surface area contributed by atoms with Crippen LogP contribution in [-0.2, 0) is 6.54 Å². The van der Waals surface area contributed by atoms with Gasteiger partial charge in [0.05, 0.1) is 17.9 Å². The zero-order valence-corrected chi connectivity index (χ0v) is 12.6. The highest BCUT2D eigenvalue weighted by atomic mass is 32.1. The van der Waals surface area contributed by atoms with Crippen molar-refractivity contribution in [2.45, 2.75) is 31.8 Å². The summed E-state index contributed by atoms with van der Waals surface area (Å²) in [5.74, 6) is -0.397. The van der Waals surface area contributed by atoms with Crippen LogP contribution in [0.2, 0.25) is 0 Å². The van der Waals surface area contributed by atoms with E-state index in [2.05, 4.69) is 14.9 Å². The zero-order valence-electron chi connectivity index (χ0n) is 11.7. The molecule has 2 N–H and O–H groups in total. The van der Waals surface area contributed by atoms with Crippen LogP contribution in [0.5, 0.6) is 0 Å². The molecule has 0 spiro atoms. The van der Waals surface area contributed by atoms with Gasteiger partial charge in [0.25, 0.3) is 5.91 Å². The smallest absolute Gasteiger partial charge is 0.260 e. The summed E-state index contributed by atoms with van der Waals surface area (Å²) in [6, 6.07) is 6.24. The summed E-state index contributed by atoms with van der Waals surface area (Å²) in [4.78, 5) is 23.0. The lowest BCUT2D eigenvalue weighted by atomic mass is 10.0. The molecule has 21 heavy (non-hydrogen) atoms. The van der Waals surface area contributed by atoms with Crippen LogP contribution in [0.1, 0.15) is 45.7 Å². The first-order chi connectivity index (χ1) is 10.2. The summed E-state index contributed by atoms with van der Waals surface area (Å²) in [7, 11) is 0. The molecule has 0 bridgehead atoms. The van der Waals surface area contributed by atoms with Gasteiger partial charge in [-0.15, -0.1) is 11.3 Å². The highest BCUT2D eigenvalue weighted by molar-refractivity contribution is 7.13. The molecular formula is C15H18N4OS. The Bertz CT molecular complexity index is 613. The third kappa shape index (κ3) is 3.28. The molecule has 0 radical (unpaired) electrons. The number of thiazole rings is 1. The number of hydrogen-bond acceptors (Lipinski definition) is 5. The molecule has 110 valence electrons. The molecule has 3 rings (SSSR count). The van der Waals surface area contributed by atoms with E-state index in [4.69, 9.17) is 5.73 Å². The lowest BCUT2D eigenvalue weighted by Crippen LogP contribution is -2.33. The summed E-state index contributed by atoms with van der Waals surface area (Å²) in [6.45, 7) is 1.85. The van der Waals surface area contributed by atoms with Crippen LogP contribution in [0.25, 0.3) is 0 Å². The average Bonchev–Trinajstić information content (AvgIpc) is 2.99. The summed E-state index contributed by atoms with van der Waals surface area (Å²) >= 11 is 1.41. The fraction of sp³-hybridized carbons (Fsp3) is 0.400. The van der Waals surface area contributed by atoms with Crippen molar-refractivity contribution in [1.29, 1.82) is 0 Å². The standard InChI is InChI=1S/C15H18N4OS/c16-14(20)13-9-18-15(21-13)12-6-2-4-8-19(12)10-11-5-1-3-7-17-11/h1,3,5,7,9,12H,2,4,6,8,10H2,(H2,16,20)/t12-/m0/s1. The highest BCUT2D eigenvalue weighted by Gasteiger charge is 2.27. The van der Waals surface area contributed by atoms with E-state index < -0.39 is 5.91 Å². The summed E-state index contributed by atoms with van der Waals surface area (Å²) < 4.78 is 0. The fourth-order valence-electron chi connectivity index (χ4n) is 2.72. The van der Waals surface area contributed by atoms with Crippen molar-refractivity contribution in [3.8, 4) is 0 Å². The average molecular weight is 302 g/mol. The molecule has 1 atom stereocenters. The molecule has 2 aromatic heterocycles. The van der Waals surface area contributed by atoms with Gasteiger partial charge in [-0.1, -0.05) is 12.5 Å². The highest BCUT2D eigenvalue weighted by Crippen LogP contribution is 2.34. The number of hydrogen-bond donors (Lipinski definition) is 1. The lowest BCUT2D eigenvalue weighted by molar-refractivity contribution is 0.100. The van der Waals surface area contributed by atoms with E-state index in [0.717, 1.165) is 30.2 Å². The predicted molar refractivity (Wildman–Crippen MR) is 81.9 cm³/mol. The molecule has 2 aromatic rings. The van der Waals surface area contributed by atoms with Gasteiger partial charge in [0.1, 0.15) is 9.88 Å². The second-order valence-corrected chi connectivity index (χ2v) is 6.29. The Morgan fingerprint density at radius 3 is 3.00 bits per heavy atom. The zero-order chi connectivity index (χ0) is 14.7. The van der Waals surface area contributed by atoms with Crippen LogP contribution in [0.15, 0.2) is 30.6 Å².